The fourth-order valence-corrected chi connectivity index (χ4v) is 1.51. The van der Waals surface area contributed by atoms with Crippen LogP contribution in [0.25, 0.3) is 0 Å². The minimum Gasteiger partial charge on any atom is -0.381 e. The number of rotatable bonds is 8. The zero-order valence-corrected chi connectivity index (χ0v) is 9.14. The summed E-state index contributed by atoms with van der Waals surface area (Å²) in [6, 6.07) is 1.59. The molecule has 0 aliphatic carbocycles. The van der Waals surface area contributed by atoms with Gasteiger partial charge in [0.2, 0.25) is 10.0 Å². The molecule has 0 aromatic heterocycles. The van der Waals surface area contributed by atoms with E-state index in [1.165, 1.54) is 0 Å². The van der Waals surface area contributed by atoms with Crippen LogP contribution in [0, 0.1) is 11.3 Å². The summed E-state index contributed by atoms with van der Waals surface area (Å²) in [5.41, 5.74) is 0. The van der Waals surface area contributed by atoms with E-state index >= 15 is 0 Å². The van der Waals surface area contributed by atoms with E-state index in [1.54, 1.807) is 6.07 Å². The van der Waals surface area contributed by atoms with Crippen LogP contribution in [-0.4, -0.2) is 33.9 Å². The van der Waals surface area contributed by atoms with Crippen molar-refractivity contribution in [3.63, 3.8) is 0 Å². The Balaban J connectivity index is 3.41. The fraction of sp³-hybridized carbons (Fsp3) is 0.875. The summed E-state index contributed by atoms with van der Waals surface area (Å²) in [5.74, 6) is -0.483. The molecule has 0 heterocycles. The van der Waals surface area contributed by atoms with Crippen LogP contribution >= 0.6 is 0 Å². The monoisotopic (exact) mass is 220 g/mol. The molecule has 0 aliphatic heterocycles. The topological polar surface area (TPSA) is 79.2 Å². The molecule has 0 aromatic carbocycles. The van der Waals surface area contributed by atoms with Crippen LogP contribution in [0.2, 0.25) is 0 Å². The molecule has 14 heavy (non-hydrogen) atoms. The van der Waals surface area contributed by atoms with Crippen molar-refractivity contribution < 1.29 is 13.2 Å². The Hall–Kier alpha value is -0.640. The number of hydrogen-bond acceptors (Lipinski definition) is 4. The Morgan fingerprint density at radius 1 is 1.43 bits per heavy atom. The standard InChI is InChI=1S/C8H16N2O3S/c1-2-6-13-7-3-5-10-14(11,12)8-4-9/h10H,2-3,5-8H2,1H3. The Labute approximate surface area is 85.1 Å². The van der Waals surface area contributed by atoms with Gasteiger partial charge in [-0.2, -0.15) is 5.26 Å². The first-order valence-corrected chi connectivity index (χ1v) is 6.19. The molecule has 82 valence electrons. The normalized spacial score (nSPS) is 11.1. The minimum absolute atomic E-state index is 0.327. The second-order valence-corrected chi connectivity index (χ2v) is 4.58. The molecule has 0 radical (unpaired) electrons. The zero-order valence-electron chi connectivity index (χ0n) is 8.32. The first-order chi connectivity index (χ1) is 6.62. The second-order valence-electron chi connectivity index (χ2n) is 2.78. The van der Waals surface area contributed by atoms with Gasteiger partial charge in [-0.15, -0.1) is 0 Å². The molecule has 0 bridgehead atoms. The molecule has 0 atom stereocenters. The van der Waals surface area contributed by atoms with Crippen LogP contribution in [0.5, 0.6) is 0 Å². The van der Waals surface area contributed by atoms with Gasteiger partial charge in [0.05, 0.1) is 6.07 Å². The Bertz CT molecular complexity index is 269. The molecule has 0 saturated carbocycles. The quantitative estimate of drug-likeness (QED) is 0.594. The summed E-state index contributed by atoms with van der Waals surface area (Å²) in [6.45, 7) is 3.58. The number of sulfonamides is 1. The van der Waals surface area contributed by atoms with E-state index < -0.39 is 15.8 Å². The molecule has 0 fully saturated rings. The molecule has 0 spiro atoms. The van der Waals surface area contributed by atoms with Crippen LogP contribution in [0.4, 0.5) is 0 Å². The lowest BCUT2D eigenvalue weighted by Gasteiger charge is -2.03. The highest BCUT2D eigenvalue weighted by Gasteiger charge is 2.06. The van der Waals surface area contributed by atoms with Gasteiger partial charge in [0.1, 0.15) is 0 Å². The number of nitriles is 1. The fourth-order valence-electron chi connectivity index (χ4n) is 0.784. The van der Waals surface area contributed by atoms with Crippen LogP contribution < -0.4 is 4.72 Å². The van der Waals surface area contributed by atoms with E-state index in [1.807, 2.05) is 6.92 Å². The largest absolute Gasteiger partial charge is 0.381 e. The van der Waals surface area contributed by atoms with E-state index in [0.717, 1.165) is 6.42 Å². The lowest BCUT2D eigenvalue weighted by atomic mass is 10.4. The van der Waals surface area contributed by atoms with Gasteiger partial charge < -0.3 is 4.74 Å². The van der Waals surface area contributed by atoms with Crippen molar-refractivity contribution in [3.05, 3.63) is 0 Å². The van der Waals surface area contributed by atoms with Crippen molar-refractivity contribution in [2.45, 2.75) is 19.8 Å². The predicted octanol–water partition coefficient (Wildman–Crippen LogP) is 0.246. The summed E-state index contributed by atoms with van der Waals surface area (Å²) in [5, 5.41) is 8.18. The molecule has 6 heteroatoms. The van der Waals surface area contributed by atoms with Crippen LogP contribution in [0.15, 0.2) is 0 Å². The molecule has 0 aromatic rings. The maximum atomic E-state index is 10.9. The average molecular weight is 220 g/mol. The van der Waals surface area contributed by atoms with Crippen molar-refractivity contribution in [2.24, 2.45) is 0 Å². The Morgan fingerprint density at radius 2 is 2.14 bits per heavy atom. The van der Waals surface area contributed by atoms with Gasteiger partial charge in [0.25, 0.3) is 0 Å². The SMILES string of the molecule is CCCOCCCNS(=O)(=O)CC#N. The van der Waals surface area contributed by atoms with Crippen molar-refractivity contribution in [3.8, 4) is 6.07 Å². The molecular formula is C8H16N2O3S. The highest BCUT2D eigenvalue weighted by atomic mass is 32.2. The van der Waals surface area contributed by atoms with Gasteiger partial charge in [-0.1, -0.05) is 6.92 Å². The van der Waals surface area contributed by atoms with Gasteiger partial charge >= 0.3 is 0 Å². The third kappa shape index (κ3) is 7.98. The molecule has 0 unspecified atom stereocenters. The zero-order chi connectivity index (χ0) is 10.9. The van der Waals surface area contributed by atoms with Gasteiger partial charge in [-0.25, -0.2) is 13.1 Å². The highest BCUT2D eigenvalue weighted by Crippen LogP contribution is 1.87. The van der Waals surface area contributed by atoms with Crippen LogP contribution in [0.3, 0.4) is 0 Å². The number of nitrogens with one attached hydrogen (secondary N) is 1. The first-order valence-electron chi connectivity index (χ1n) is 4.54. The van der Waals surface area contributed by atoms with Crippen LogP contribution in [-0.2, 0) is 14.8 Å². The molecule has 0 rings (SSSR count). The van der Waals surface area contributed by atoms with Crippen molar-refractivity contribution in [1.82, 2.24) is 4.72 Å². The predicted molar refractivity (Wildman–Crippen MR) is 53.1 cm³/mol. The molecule has 0 aliphatic rings. The van der Waals surface area contributed by atoms with Gasteiger partial charge in [-0.05, 0) is 12.8 Å². The number of hydrogen-bond donors (Lipinski definition) is 1. The minimum atomic E-state index is -3.39. The molecule has 1 N–H and O–H groups in total. The lowest BCUT2D eigenvalue weighted by molar-refractivity contribution is 0.133. The molecule has 0 amide bonds. The van der Waals surface area contributed by atoms with Crippen molar-refractivity contribution >= 4 is 10.0 Å². The third-order valence-electron chi connectivity index (χ3n) is 1.39. The number of ether oxygens (including phenoxy) is 1. The summed E-state index contributed by atoms with van der Waals surface area (Å²) >= 11 is 0. The third-order valence-corrected chi connectivity index (χ3v) is 2.54. The lowest BCUT2D eigenvalue weighted by Crippen LogP contribution is -2.27. The van der Waals surface area contributed by atoms with Crippen molar-refractivity contribution in [1.29, 1.82) is 5.26 Å². The Kier molecular flexibility index (Phi) is 7.38. The summed E-state index contributed by atoms with van der Waals surface area (Å²) in [4.78, 5) is 0. The maximum absolute atomic E-state index is 10.9. The summed E-state index contributed by atoms with van der Waals surface area (Å²) in [7, 11) is -3.39. The van der Waals surface area contributed by atoms with Crippen LogP contribution in [0.1, 0.15) is 19.8 Å². The molecule has 5 nitrogen and oxygen atoms in total. The second kappa shape index (κ2) is 7.74. The molecular weight excluding hydrogens is 204 g/mol. The van der Waals surface area contributed by atoms with Crippen molar-refractivity contribution in [2.75, 3.05) is 25.5 Å². The van der Waals surface area contributed by atoms with Gasteiger partial charge in [0.15, 0.2) is 5.75 Å². The van der Waals surface area contributed by atoms with E-state index in [-0.39, 0.29) is 0 Å². The van der Waals surface area contributed by atoms with E-state index in [4.69, 9.17) is 10.00 Å². The summed E-state index contributed by atoms with van der Waals surface area (Å²) < 4.78 is 29.4. The Morgan fingerprint density at radius 3 is 2.71 bits per heavy atom. The first kappa shape index (κ1) is 13.4. The smallest absolute Gasteiger partial charge is 0.225 e. The van der Waals surface area contributed by atoms with E-state index in [0.29, 0.717) is 26.2 Å². The number of nitrogens with zero attached hydrogens (tertiary/aromatic N) is 1. The van der Waals surface area contributed by atoms with Gasteiger partial charge in [0, 0.05) is 19.8 Å². The molecule has 0 saturated heterocycles. The summed E-state index contributed by atoms with van der Waals surface area (Å²) in [6.07, 6.45) is 1.59. The van der Waals surface area contributed by atoms with E-state index in [2.05, 4.69) is 4.72 Å². The maximum Gasteiger partial charge on any atom is 0.225 e. The van der Waals surface area contributed by atoms with Gasteiger partial charge in [-0.3, -0.25) is 0 Å². The highest BCUT2D eigenvalue weighted by molar-refractivity contribution is 7.89. The average Bonchev–Trinajstić information content (AvgIpc) is 2.11. The van der Waals surface area contributed by atoms with E-state index in [9.17, 15) is 8.42 Å².